The van der Waals surface area contributed by atoms with Crippen molar-refractivity contribution in [1.29, 1.82) is 0 Å². The van der Waals surface area contributed by atoms with Crippen molar-refractivity contribution in [3.63, 3.8) is 0 Å². The van der Waals surface area contributed by atoms with Gasteiger partial charge in [0.2, 0.25) is 0 Å². The minimum absolute atomic E-state index is 0.105. The number of aliphatic hydroxyl groups is 1. The zero-order chi connectivity index (χ0) is 17.4. The summed E-state index contributed by atoms with van der Waals surface area (Å²) in [7, 11) is 0. The Hall–Kier alpha value is -2.54. The molecule has 0 saturated carbocycles. The summed E-state index contributed by atoms with van der Waals surface area (Å²) in [6.07, 6.45) is 1.16. The monoisotopic (exact) mass is 333 g/mol. The molecule has 0 amide bonds. The highest BCUT2D eigenvalue weighted by Gasteiger charge is 2.10. The molecule has 130 valence electrons. The summed E-state index contributed by atoms with van der Waals surface area (Å²) in [6.45, 7) is 5.30. The molecule has 7 heteroatoms. The Morgan fingerprint density at radius 1 is 1.38 bits per heavy atom. The average Bonchev–Trinajstić information content (AvgIpc) is 3.07. The van der Waals surface area contributed by atoms with Crippen molar-refractivity contribution >= 4 is 11.8 Å². The summed E-state index contributed by atoms with van der Waals surface area (Å²) >= 11 is 0. The summed E-state index contributed by atoms with van der Waals surface area (Å²) in [4.78, 5) is 11.7. The van der Waals surface area contributed by atoms with Crippen LogP contribution in [0.15, 0.2) is 36.5 Å². The third-order valence-corrected chi connectivity index (χ3v) is 3.27. The molecule has 2 N–H and O–H groups in total. The van der Waals surface area contributed by atoms with Crippen LogP contribution in [-0.2, 0) is 11.3 Å². The Morgan fingerprint density at radius 2 is 2.21 bits per heavy atom. The molecule has 0 spiro atoms. The lowest BCUT2D eigenvalue weighted by atomic mass is 10.2. The predicted octanol–water partition coefficient (Wildman–Crippen LogP) is 1.93. The van der Waals surface area contributed by atoms with Gasteiger partial charge in [0.05, 0.1) is 12.2 Å². The van der Waals surface area contributed by atoms with Gasteiger partial charge in [-0.25, -0.2) is 4.79 Å². The van der Waals surface area contributed by atoms with Crippen LogP contribution < -0.4 is 10.1 Å². The van der Waals surface area contributed by atoms with Crippen LogP contribution in [0.5, 0.6) is 5.75 Å². The van der Waals surface area contributed by atoms with Gasteiger partial charge in [0.25, 0.3) is 0 Å². The van der Waals surface area contributed by atoms with E-state index in [-0.39, 0.29) is 6.61 Å². The molecule has 2 aromatic rings. The Bertz CT molecular complexity index is 657. The van der Waals surface area contributed by atoms with Crippen LogP contribution in [-0.4, -0.2) is 46.7 Å². The van der Waals surface area contributed by atoms with Gasteiger partial charge >= 0.3 is 5.97 Å². The summed E-state index contributed by atoms with van der Waals surface area (Å²) in [5.74, 6) is 0.826. The van der Waals surface area contributed by atoms with Crippen LogP contribution in [0.1, 0.15) is 24.2 Å². The van der Waals surface area contributed by atoms with Crippen molar-refractivity contribution < 1.29 is 19.4 Å². The molecule has 1 heterocycles. The fraction of sp³-hybridized carbons (Fsp3) is 0.412. The Balaban J connectivity index is 1.79. The summed E-state index contributed by atoms with van der Waals surface area (Å²) in [5.41, 5.74) is 0.423. The first-order valence-corrected chi connectivity index (χ1v) is 7.97. The van der Waals surface area contributed by atoms with Gasteiger partial charge in [0.1, 0.15) is 24.3 Å². The van der Waals surface area contributed by atoms with Crippen LogP contribution in [0.2, 0.25) is 0 Å². The topological polar surface area (TPSA) is 85.6 Å². The Morgan fingerprint density at radius 3 is 2.92 bits per heavy atom. The summed E-state index contributed by atoms with van der Waals surface area (Å²) in [6, 6.07) is 8.54. The molecule has 0 fully saturated rings. The second-order valence-corrected chi connectivity index (χ2v) is 5.15. The molecule has 1 aromatic heterocycles. The highest BCUT2D eigenvalue weighted by molar-refractivity contribution is 5.89. The number of carbonyl (C=O) groups excluding carboxylic acids is 1. The molecule has 0 bridgehead atoms. The molecule has 0 aliphatic heterocycles. The predicted molar refractivity (Wildman–Crippen MR) is 90.3 cm³/mol. The normalized spacial score (nSPS) is 11.8. The second kappa shape index (κ2) is 8.93. The molecule has 7 nitrogen and oxygen atoms in total. The van der Waals surface area contributed by atoms with E-state index in [1.165, 1.54) is 0 Å². The third-order valence-electron chi connectivity index (χ3n) is 3.27. The molecular formula is C17H23N3O4. The van der Waals surface area contributed by atoms with E-state index < -0.39 is 12.1 Å². The largest absolute Gasteiger partial charge is 0.491 e. The highest BCUT2D eigenvalue weighted by atomic mass is 16.5. The fourth-order valence-electron chi connectivity index (χ4n) is 2.03. The number of esters is 1. The van der Waals surface area contributed by atoms with Crippen LogP contribution >= 0.6 is 0 Å². The number of hydrogen-bond donors (Lipinski definition) is 2. The standard InChI is InChI=1S/C17H23N3O4/c1-3-20-9-8-16(19-20)18-11-14(21)12-24-15-7-5-6-13(10-15)17(22)23-4-2/h5-10,14,21H,3-4,11-12H2,1-2H3,(H,18,19). The third kappa shape index (κ3) is 5.27. The quantitative estimate of drug-likeness (QED) is 0.682. The van der Waals surface area contributed by atoms with Crippen molar-refractivity contribution in [3.05, 3.63) is 42.1 Å². The average molecular weight is 333 g/mol. The first-order chi connectivity index (χ1) is 11.6. The van der Waals surface area contributed by atoms with E-state index >= 15 is 0 Å². The second-order valence-electron chi connectivity index (χ2n) is 5.15. The highest BCUT2D eigenvalue weighted by Crippen LogP contribution is 2.14. The lowest BCUT2D eigenvalue weighted by Gasteiger charge is -2.13. The van der Waals surface area contributed by atoms with Crippen molar-refractivity contribution in [2.45, 2.75) is 26.5 Å². The Kier molecular flexibility index (Phi) is 6.62. The summed E-state index contributed by atoms with van der Waals surface area (Å²) < 4.78 is 12.3. The zero-order valence-electron chi connectivity index (χ0n) is 13.9. The van der Waals surface area contributed by atoms with Crippen molar-refractivity contribution in [1.82, 2.24) is 9.78 Å². The fourth-order valence-corrected chi connectivity index (χ4v) is 2.03. The molecule has 2 rings (SSSR count). The number of carbonyl (C=O) groups is 1. The molecule has 1 unspecified atom stereocenters. The van der Waals surface area contributed by atoms with Crippen LogP contribution in [0, 0.1) is 0 Å². The van der Waals surface area contributed by atoms with E-state index in [4.69, 9.17) is 9.47 Å². The van der Waals surface area contributed by atoms with Crippen LogP contribution in [0.3, 0.4) is 0 Å². The SMILES string of the molecule is CCOC(=O)c1cccc(OCC(O)CNc2ccn(CC)n2)c1. The van der Waals surface area contributed by atoms with Gasteiger partial charge in [-0.1, -0.05) is 6.07 Å². The van der Waals surface area contributed by atoms with Gasteiger partial charge in [-0.05, 0) is 32.0 Å². The maximum atomic E-state index is 11.7. The molecule has 24 heavy (non-hydrogen) atoms. The van der Waals surface area contributed by atoms with E-state index in [0.29, 0.717) is 30.3 Å². The number of hydrogen-bond acceptors (Lipinski definition) is 6. The number of nitrogens with one attached hydrogen (secondary N) is 1. The first-order valence-electron chi connectivity index (χ1n) is 7.97. The van der Waals surface area contributed by atoms with Crippen molar-refractivity contribution in [3.8, 4) is 5.75 Å². The number of nitrogens with zero attached hydrogens (tertiary/aromatic N) is 2. The maximum Gasteiger partial charge on any atom is 0.338 e. The summed E-state index contributed by atoms with van der Waals surface area (Å²) in [5, 5.41) is 17.3. The van der Waals surface area contributed by atoms with E-state index in [0.717, 1.165) is 6.54 Å². The van der Waals surface area contributed by atoms with Gasteiger partial charge in [-0.15, -0.1) is 0 Å². The molecule has 0 aliphatic carbocycles. The van der Waals surface area contributed by atoms with Gasteiger partial charge in [-0.2, -0.15) is 5.10 Å². The number of aromatic nitrogens is 2. The minimum Gasteiger partial charge on any atom is -0.491 e. The van der Waals surface area contributed by atoms with Gasteiger partial charge in [-0.3, -0.25) is 4.68 Å². The smallest absolute Gasteiger partial charge is 0.338 e. The molecule has 0 saturated heterocycles. The molecule has 1 atom stereocenters. The molecule has 0 aliphatic rings. The van der Waals surface area contributed by atoms with Crippen molar-refractivity contribution in [2.24, 2.45) is 0 Å². The van der Waals surface area contributed by atoms with E-state index in [1.807, 2.05) is 19.2 Å². The number of rotatable bonds is 9. The number of aryl methyl sites for hydroxylation is 1. The Labute approximate surface area is 141 Å². The van der Waals surface area contributed by atoms with Crippen molar-refractivity contribution in [2.75, 3.05) is 25.1 Å². The van der Waals surface area contributed by atoms with E-state index in [2.05, 4.69) is 10.4 Å². The molecular weight excluding hydrogens is 310 g/mol. The molecule has 0 radical (unpaired) electrons. The van der Waals surface area contributed by atoms with E-state index in [1.54, 1.807) is 35.9 Å². The van der Waals surface area contributed by atoms with Crippen LogP contribution in [0.25, 0.3) is 0 Å². The lowest BCUT2D eigenvalue weighted by molar-refractivity contribution is 0.0525. The van der Waals surface area contributed by atoms with E-state index in [9.17, 15) is 9.90 Å². The number of ether oxygens (including phenoxy) is 2. The zero-order valence-corrected chi connectivity index (χ0v) is 13.9. The first kappa shape index (κ1) is 17.8. The lowest BCUT2D eigenvalue weighted by Crippen LogP contribution is -2.26. The van der Waals surface area contributed by atoms with Crippen LogP contribution in [0.4, 0.5) is 5.82 Å². The number of aliphatic hydroxyl groups excluding tert-OH is 1. The maximum absolute atomic E-state index is 11.7. The molecule has 1 aromatic carbocycles. The minimum atomic E-state index is -0.706. The number of benzene rings is 1. The van der Waals surface area contributed by atoms with Gasteiger partial charge < -0.3 is 19.9 Å². The van der Waals surface area contributed by atoms with Gasteiger partial charge in [0.15, 0.2) is 0 Å². The van der Waals surface area contributed by atoms with Gasteiger partial charge in [0, 0.05) is 25.4 Å². The number of anilines is 1.